The maximum atomic E-state index is 9.80. The minimum Gasteiger partial charge on any atom is -0.504 e. The third-order valence-corrected chi connectivity index (χ3v) is 4.19. The lowest BCUT2D eigenvalue weighted by Gasteiger charge is -2.11. The van der Waals surface area contributed by atoms with E-state index in [-0.39, 0.29) is 5.75 Å². The molecule has 124 valence electrons. The minimum atomic E-state index is 0.135. The largest absolute Gasteiger partial charge is 0.504 e. The maximum Gasteiger partial charge on any atom is 0.191 e. The molecule has 23 heavy (non-hydrogen) atoms. The third-order valence-electron chi connectivity index (χ3n) is 3.25. The van der Waals surface area contributed by atoms with Crippen LogP contribution in [0.25, 0.3) is 0 Å². The maximum absolute atomic E-state index is 9.80. The molecule has 0 aliphatic rings. The van der Waals surface area contributed by atoms with Crippen molar-refractivity contribution in [3.63, 3.8) is 0 Å². The lowest BCUT2D eigenvalue weighted by Crippen LogP contribution is -2.38. The van der Waals surface area contributed by atoms with Crippen LogP contribution in [-0.4, -0.2) is 31.3 Å². The standard InChI is InChI=1S/C17H23N3O2S/c1-3-18-17(19-9-8-14-5-4-10-23-14)20-12-13-6-7-16(22-2)15(21)11-13/h4-7,10-11,21H,3,8-9,12H2,1-2H3,(H2,18,19,20). The van der Waals surface area contributed by atoms with Gasteiger partial charge in [-0.1, -0.05) is 12.1 Å². The normalized spacial score (nSPS) is 11.3. The molecule has 1 aromatic carbocycles. The fourth-order valence-electron chi connectivity index (χ4n) is 2.10. The molecule has 1 aromatic heterocycles. The van der Waals surface area contributed by atoms with Gasteiger partial charge in [-0.05, 0) is 42.5 Å². The number of benzene rings is 1. The van der Waals surface area contributed by atoms with Crippen LogP contribution < -0.4 is 15.4 Å². The highest BCUT2D eigenvalue weighted by Gasteiger charge is 2.03. The van der Waals surface area contributed by atoms with Gasteiger partial charge in [0.2, 0.25) is 0 Å². The van der Waals surface area contributed by atoms with Crippen molar-refractivity contribution in [1.29, 1.82) is 0 Å². The molecule has 0 spiro atoms. The summed E-state index contributed by atoms with van der Waals surface area (Å²) in [5.74, 6) is 1.38. The highest BCUT2D eigenvalue weighted by molar-refractivity contribution is 7.09. The van der Waals surface area contributed by atoms with E-state index in [1.54, 1.807) is 23.5 Å². The zero-order valence-electron chi connectivity index (χ0n) is 13.5. The second-order valence-electron chi connectivity index (χ2n) is 4.96. The van der Waals surface area contributed by atoms with Gasteiger partial charge >= 0.3 is 0 Å². The first-order valence-corrected chi connectivity index (χ1v) is 8.51. The summed E-state index contributed by atoms with van der Waals surface area (Å²) in [6, 6.07) is 9.53. The van der Waals surface area contributed by atoms with E-state index in [1.807, 2.05) is 13.0 Å². The molecular formula is C17H23N3O2S. The van der Waals surface area contributed by atoms with Gasteiger partial charge in [0.05, 0.1) is 13.7 Å². The summed E-state index contributed by atoms with van der Waals surface area (Å²) in [6.45, 7) is 4.17. The zero-order valence-corrected chi connectivity index (χ0v) is 14.3. The summed E-state index contributed by atoms with van der Waals surface area (Å²) in [7, 11) is 1.54. The molecule has 0 saturated heterocycles. The van der Waals surface area contributed by atoms with Crippen LogP contribution in [-0.2, 0) is 13.0 Å². The second-order valence-corrected chi connectivity index (χ2v) is 5.99. The van der Waals surface area contributed by atoms with Crippen molar-refractivity contribution in [2.75, 3.05) is 20.2 Å². The first-order valence-electron chi connectivity index (χ1n) is 7.63. The molecular weight excluding hydrogens is 310 g/mol. The summed E-state index contributed by atoms with van der Waals surface area (Å²) in [4.78, 5) is 5.90. The highest BCUT2D eigenvalue weighted by atomic mass is 32.1. The van der Waals surface area contributed by atoms with E-state index < -0.39 is 0 Å². The average molecular weight is 333 g/mol. The predicted molar refractivity (Wildman–Crippen MR) is 95.5 cm³/mol. The van der Waals surface area contributed by atoms with Crippen LogP contribution in [0.2, 0.25) is 0 Å². The van der Waals surface area contributed by atoms with Gasteiger partial charge in [-0.2, -0.15) is 0 Å². The van der Waals surface area contributed by atoms with E-state index in [0.29, 0.717) is 12.3 Å². The molecule has 0 fully saturated rings. The van der Waals surface area contributed by atoms with Crippen molar-refractivity contribution in [1.82, 2.24) is 10.6 Å². The smallest absolute Gasteiger partial charge is 0.191 e. The molecule has 0 unspecified atom stereocenters. The Hall–Kier alpha value is -2.21. The Morgan fingerprint density at radius 2 is 2.17 bits per heavy atom. The number of aliphatic imine (C=N–C) groups is 1. The van der Waals surface area contributed by atoms with E-state index in [4.69, 9.17) is 4.74 Å². The molecule has 5 nitrogen and oxygen atoms in total. The van der Waals surface area contributed by atoms with Crippen LogP contribution >= 0.6 is 11.3 Å². The van der Waals surface area contributed by atoms with Crippen molar-refractivity contribution in [3.8, 4) is 11.5 Å². The fourth-order valence-corrected chi connectivity index (χ4v) is 2.81. The molecule has 3 N–H and O–H groups in total. The van der Waals surface area contributed by atoms with Crippen molar-refractivity contribution >= 4 is 17.3 Å². The number of ether oxygens (including phenoxy) is 1. The van der Waals surface area contributed by atoms with Crippen LogP contribution in [0.5, 0.6) is 11.5 Å². The van der Waals surface area contributed by atoms with Crippen LogP contribution in [0.15, 0.2) is 40.7 Å². The number of guanidine groups is 1. The van der Waals surface area contributed by atoms with Gasteiger partial charge in [0.15, 0.2) is 17.5 Å². The third kappa shape index (κ3) is 5.49. The number of methoxy groups -OCH3 is 1. The number of phenols is 1. The number of rotatable bonds is 7. The van der Waals surface area contributed by atoms with Gasteiger partial charge in [0, 0.05) is 18.0 Å². The van der Waals surface area contributed by atoms with Crippen LogP contribution in [0.1, 0.15) is 17.4 Å². The lowest BCUT2D eigenvalue weighted by atomic mass is 10.2. The van der Waals surface area contributed by atoms with Crippen molar-refractivity contribution in [3.05, 3.63) is 46.2 Å². The number of thiophene rings is 1. The summed E-state index contributed by atoms with van der Waals surface area (Å²) in [5.41, 5.74) is 0.929. The van der Waals surface area contributed by atoms with Gasteiger partial charge in [0.25, 0.3) is 0 Å². The van der Waals surface area contributed by atoms with E-state index in [9.17, 15) is 5.11 Å². The Balaban J connectivity index is 1.90. The number of nitrogens with zero attached hydrogens (tertiary/aromatic N) is 1. The molecule has 6 heteroatoms. The van der Waals surface area contributed by atoms with Crippen molar-refractivity contribution < 1.29 is 9.84 Å². The van der Waals surface area contributed by atoms with Gasteiger partial charge in [-0.15, -0.1) is 11.3 Å². The average Bonchev–Trinajstić information content (AvgIpc) is 3.06. The number of nitrogens with one attached hydrogen (secondary N) is 2. The van der Waals surface area contributed by atoms with Crippen LogP contribution in [0, 0.1) is 0 Å². The van der Waals surface area contributed by atoms with Crippen LogP contribution in [0.3, 0.4) is 0 Å². The van der Waals surface area contributed by atoms with Crippen molar-refractivity contribution in [2.24, 2.45) is 4.99 Å². The van der Waals surface area contributed by atoms with Gasteiger partial charge in [0.1, 0.15) is 0 Å². The molecule has 1 heterocycles. The Kier molecular flexibility index (Phi) is 6.75. The van der Waals surface area contributed by atoms with Gasteiger partial charge in [-0.25, -0.2) is 4.99 Å². The van der Waals surface area contributed by atoms with Gasteiger partial charge < -0.3 is 20.5 Å². The topological polar surface area (TPSA) is 65.9 Å². The number of hydrogen-bond donors (Lipinski definition) is 3. The monoisotopic (exact) mass is 333 g/mol. The molecule has 0 amide bonds. The Bertz CT molecular complexity index is 627. The second kappa shape index (κ2) is 9.05. The van der Waals surface area contributed by atoms with E-state index in [2.05, 4.69) is 33.1 Å². The summed E-state index contributed by atoms with van der Waals surface area (Å²) < 4.78 is 5.04. The molecule has 0 aliphatic carbocycles. The first kappa shape index (κ1) is 17.1. The minimum absolute atomic E-state index is 0.135. The molecule has 0 aliphatic heterocycles. The molecule has 0 saturated carbocycles. The molecule has 0 radical (unpaired) electrons. The lowest BCUT2D eigenvalue weighted by molar-refractivity contribution is 0.373. The quantitative estimate of drug-likeness (QED) is 0.538. The highest BCUT2D eigenvalue weighted by Crippen LogP contribution is 2.26. The molecule has 2 rings (SSSR count). The Morgan fingerprint density at radius 1 is 1.30 bits per heavy atom. The van der Waals surface area contributed by atoms with Gasteiger partial charge in [-0.3, -0.25) is 0 Å². The molecule has 2 aromatic rings. The number of phenolic OH excluding ortho intramolecular Hbond substituents is 1. The number of aromatic hydroxyl groups is 1. The fraction of sp³-hybridized carbons (Fsp3) is 0.353. The number of hydrogen-bond acceptors (Lipinski definition) is 4. The van der Waals surface area contributed by atoms with Crippen LogP contribution in [0.4, 0.5) is 0 Å². The van der Waals surface area contributed by atoms with E-state index >= 15 is 0 Å². The molecule has 0 atom stereocenters. The van der Waals surface area contributed by atoms with E-state index in [1.165, 1.54) is 12.0 Å². The first-order chi connectivity index (χ1) is 11.2. The summed E-state index contributed by atoms with van der Waals surface area (Å²) >= 11 is 1.76. The Labute approximate surface area is 141 Å². The summed E-state index contributed by atoms with van der Waals surface area (Å²) in [6.07, 6.45) is 0.978. The van der Waals surface area contributed by atoms with E-state index in [0.717, 1.165) is 31.0 Å². The zero-order chi connectivity index (χ0) is 16.5. The SMILES string of the molecule is CCNC(=NCc1ccc(OC)c(O)c1)NCCc1cccs1. The Morgan fingerprint density at radius 3 is 2.83 bits per heavy atom. The van der Waals surface area contributed by atoms with Crippen molar-refractivity contribution in [2.45, 2.75) is 19.9 Å². The summed E-state index contributed by atoms with van der Waals surface area (Å²) in [5, 5.41) is 18.4. The molecule has 0 bridgehead atoms. The predicted octanol–water partition coefficient (Wildman–Crippen LogP) is 2.76.